The number of aromatic nitrogens is 1. The van der Waals surface area contributed by atoms with Gasteiger partial charge in [0, 0.05) is 44.4 Å². The highest BCUT2D eigenvalue weighted by Gasteiger charge is 2.30. The summed E-state index contributed by atoms with van der Waals surface area (Å²) in [6, 6.07) is 17.2. The van der Waals surface area contributed by atoms with Gasteiger partial charge >= 0.3 is 6.09 Å². The monoisotopic (exact) mass is 605 g/mol. The van der Waals surface area contributed by atoms with Gasteiger partial charge in [-0.15, -0.1) is 11.3 Å². The quantitative estimate of drug-likeness (QED) is 0.213. The standard InChI is InChI=1S/C33H39N3O6S/c1-33(2,3)42-32(38)36-15-13-22(18-36)19-40-24-9-11-25(12-10-24)41-21-26-23(20-39-5)7-6-8-27(26)34-31(37)29-17-30-28(35(29)4)14-16-43-30/h6-12,14,16-17,22H,13,15,18-21H2,1-5H3,(H,34,37)/t22-/m0/s1. The number of likely N-dealkylation sites (tertiary alicyclic amines) is 1. The Kier molecular flexibility index (Phi) is 9.27. The summed E-state index contributed by atoms with van der Waals surface area (Å²) in [7, 11) is 3.54. The second-order valence-electron chi connectivity index (χ2n) is 11.7. The molecule has 43 heavy (non-hydrogen) atoms. The fraction of sp³-hybridized carbons (Fsp3) is 0.394. The molecule has 0 unspecified atom stereocenters. The maximum absolute atomic E-state index is 13.3. The Labute approximate surface area is 256 Å². The molecule has 2 aromatic heterocycles. The number of amides is 2. The van der Waals surface area contributed by atoms with Crippen LogP contribution >= 0.6 is 11.3 Å². The number of benzene rings is 2. The third-order valence-corrected chi connectivity index (χ3v) is 8.20. The van der Waals surface area contributed by atoms with Crippen molar-refractivity contribution in [2.45, 2.75) is 46.0 Å². The molecule has 1 atom stereocenters. The third kappa shape index (κ3) is 7.50. The number of carbonyl (C=O) groups is 2. The van der Waals surface area contributed by atoms with Crippen molar-refractivity contribution < 1.29 is 28.5 Å². The largest absolute Gasteiger partial charge is 0.493 e. The normalized spacial score (nSPS) is 15.1. The van der Waals surface area contributed by atoms with Crippen LogP contribution in [-0.4, -0.2) is 53.9 Å². The number of thiophene rings is 1. The van der Waals surface area contributed by atoms with Crippen LogP contribution in [0.1, 0.15) is 48.8 Å². The number of aryl methyl sites for hydroxylation is 1. The molecule has 1 saturated heterocycles. The van der Waals surface area contributed by atoms with Gasteiger partial charge in [0.25, 0.3) is 5.91 Å². The fourth-order valence-corrected chi connectivity index (χ4v) is 5.98. The molecule has 2 aromatic carbocycles. The van der Waals surface area contributed by atoms with Crippen LogP contribution in [0.3, 0.4) is 0 Å². The molecule has 0 saturated carbocycles. The van der Waals surface area contributed by atoms with Crippen molar-refractivity contribution in [3.63, 3.8) is 0 Å². The van der Waals surface area contributed by atoms with E-state index in [9.17, 15) is 9.59 Å². The van der Waals surface area contributed by atoms with Crippen LogP contribution in [0.15, 0.2) is 60.0 Å². The highest BCUT2D eigenvalue weighted by atomic mass is 32.1. The van der Waals surface area contributed by atoms with E-state index in [2.05, 4.69) is 5.32 Å². The molecule has 0 radical (unpaired) electrons. The predicted molar refractivity (Wildman–Crippen MR) is 168 cm³/mol. The smallest absolute Gasteiger partial charge is 0.410 e. The average Bonchev–Trinajstić information content (AvgIpc) is 3.70. The zero-order valence-electron chi connectivity index (χ0n) is 25.3. The van der Waals surface area contributed by atoms with Gasteiger partial charge in [-0.3, -0.25) is 4.79 Å². The number of fused-ring (bicyclic) bond motifs is 1. The van der Waals surface area contributed by atoms with Crippen molar-refractivity contribution in [1.82, 2.24) is 9.47 Å². The molecule has 2 amide bonds. The van der Waals surface area contributed by atoms with Gasteiger partial charge in [0.2, 0.25) is 0 Å². The minimum absolute atomic E-state index is 0.181. The first-order chi connectivity index (χ1) is 20.6. The van der Waals surface area contributed by atoms with Crippen LogP contribution in [0.25, 0.3) is 10.2 Å². The molecule has 1 aliphatic rings. The van der Waals surface area contributed by atoms with Gasteiger partial charge in [0.1, 0.15) is 29.4 Å². The van der Waals surface area contributed by atoms with Gasteiger partial charge in [0.05, 0.1) is 23.4 Å². The summed E-state index contributed by atoms with van der Waals surface area (Å²) >= 11 is 1.61. The van der Waals surface area contributed by atoms with Gasteiger partial charge in [0.15, 0.2) is 0 Å². The number of rotatable bonds is 10. The Morgan fingerprint density at radius 2 is 1.77 bits per heavy atom. The molecule has 10 heteroatoms. The summed E-state index contributed by atoms with van der Waals surface area (Å²) in [6.07, 6.45) is 0.605. The second-order valence-corrected chi connectivity index (χ2v) is 12.7. The SMILES string of the molecule is COCc1cccc(NC(=O)c2cc3sccc3n2C)c1COc1ccc(OC[C@H]2CCN(C(=O)OC(C)(C)C)C2)cc1. The summed E-state index contributed by atoms with van der Waals surface area (Å²) in [4.78, 5) is 27.3. The molecule has 228 valence electrons. The Morgan fingerprint density at radius 3 is 2.47 bits per heavy atom. The molecule has 0 aliphatic carbocycles. The number of hydrogen-bond donors (Lipinski definition) is 1. The van der Waals surface area contributed by atoms with Gasteiger partial charge < -0.3 is 33.7 Å². The zero-order chi connectivity index (χ0) is 30.6. The van der Waals surface area contributed by atoms with E-state index >= 15 is 0 Å². The molecule has 3 heterocycles. The van der Waals surface area contributed by atoms with E-state index in [-0.39, 0.29) is 24.5 Å². The van der Waals surface area contributed by atoms with Crippen LogP contribution in [0.2, 0.25) is 0 Å². The lowest BCUT2D eigenvalue weighted by atomic mass is 10.1. The molecule has 4 aromatic rings. The number of nitrogens with zero attached hydrogens (tertiary/aromatic N) is 2. The van der Waals surface area contributed by atoms with E-state index in [0.29, 0.717) is 43.4 Å². The average molecular weight is 606 g/mol. The molecule has 1 aliphatic heterocycles. The lowest BCUT2D eigenvalue weighted by Gasteiger charge is -2.24. The maximum atomic E-state index is 13.3. The van der Waals surface area contributed by atoms with Crippen LogP contribution in [0.4, 0.5) is 10.5 Å². The molecule has 1 fully saturated rings. The molecule has 5 rings (SSSR count). The third-order valence-electron chi connectivity index (χ3n) is 7.35. The summed E-state index contributed by atoms with van der Waals surface area (Å²) < 4.78 is 26.1. The molecule has 1 N–H and O–H groups in total. The number of ether oxygens (including phenoxy) is 4. The molecule has 9 nitrogen and oxygen atoms in total. The van der Waals surface area contributed by atoms with Crippen molar-refractivity contribution in [3.05, 3.63) is 76.8 Å². The van der Waals surface area contributed by atoms with E-state index in [4.69, 9.17) is 18.9 Å². The Balaban J connectivity index is 1.18. The number of nitrogens with one attached hydrogen (secondary N) is 1. The Morgan fingerprint density at radius 1 is 1.02 bits per heavy atom. The first-order valence-corrected chi connectivity index (χ1v) is 15.3. The second kappa shape index (κ2) is 13.1. The zero-order valence-corrected chi connectivity index (χ0v) is 26.2. The van der Waals surface area contributed by atoms with Gasteiger partial charge in [-0.25, -0.2) is 4.79 Å². The van der Waals surface area contributed by atoms with E-state index in [1.807, 2.05) is 92.4 Å². The Hall–Kier alpha value is -4.02. The number of hydrogen-bond acceptors (Lipinski definition) is 7. The summed E-state index contributed by atoms with van der Waals surface area (Å²) in [5, 5.41) is 5.10. The van der Waals surface area contributed by atoms with Crippen molar-refractivity contribution in [2.24, 2.45) is 13.0 Å². The van der Waals surface area contributed by atoms with Crippen molar-refractivity contribution in [1.29, 1.82) is 0 Å². The van der Waals surface area contributed by atoms with E-state index in [1.165, 1.54) is 0 Å². The van der Waals surface area contributed by atoms with Gasteiger partial charge in [-0.05, 0) is 80.6 Å². The Bertz CT molecular complexity index is 1570. The molecular weight excluding hydrogens is 566 g/mol. The van der Waals surface area contributed by atoms with E-state index in [1.54, 1.807) is 23.3 Å². The molecule has 0 bridgehead atoms. The van der Waals surface area contributed by atoms with Gasteiger partial charge in [-0.1, -0.05) is 12.1 Å². The van der Waals surface area contributed by atoms with Crippen LogP contribution in [0, 0.1) is 5.92 Å². The van der Waals surface area contributed by atoms with Crippen LogP contribution in [-0.2, 0) is 29.7 Å². The number of anilines is 1. The highest BCUT2D eigenvalue weighted by Crippen LogP contribution is 2.28. The number of methoxy groups -OCH3 is 1. The van der Waals surface area contributed by atoms with Gasteiger partial charge in [-0.2, -0.15) is 0 Å². The van der Waals surface area contributed by atoms with Crippen LogP contribution in [0.5, 0.6) is 11.5 Å². The first kappa shape index (κ1) is 30.4. The number of carbonyl (C=O) groups excluding carboxylic acids is 2. The minimum atomic E-state index is -0.504. The molecule has 0 spiro atoms. The maximum Gasteiger partial charge on any atom is 0.410 e. The molecular formula is C33H39N3O6S. The minimum Gasteiger partial charge on any atom is -0.493 e. The van der Waals surface area contributed by atoms with Crippen molar-refractivity contribution in [2.75, 3.05) is 32.1 Å². The highest BCUT2D eigenvalue weighted by molar-refractivity contribution is 7.17. The fourth-order valence-electron chi connectivity index (χ4n) is 5.13. The van der Waals surface area contributed by atoms with E-state index in [0.717, 1.165) is 33.5 Å². The lowest BCUT2D eigenvalue weighted by molar-refractivity contribution is 0.0284. The predicted octanol–water partition coefficient (Wildman–Crippen LogP) is 6.85. The summed E-state index contributed by atoms with van der Waals surface area (Å²) in [5.74, 6) is 1.48. The lowest BCUT2D eigenvalue weighted by Crippen LogP contribution is -2.35. The topological polar surface area (TPSA) is 91.3 Å². The van der Waals surface area contributed by atoms with Crippen LogP contribution < -0.4 is 14.8 Å². The summed E-state index contributed by atoms with van der Waals surface area (Å²) in [5.41, 5.74) is 3.59. The van der Waals surface area contributed by atoms with E-state index < -0.39 is 5.60 Å². The summed E-state index contributed by atoms with van der Waals surface area (Å²) in [6.45, 7) is 8.08. The van der Waals surface area contributed by atoms with Crippen molar-refractivity contribution in [3.8, 4) is 11.5 Å². The first-order valence-electron chi connectivity index (χ1n) is 14.4. The van der Waals surface area contributed by atoms with Crippen molar-refractivity contribution >= 4 is 39.2 Å².